The topological polar surface area (TPSA) is 20.2 Å². The predicted octanol–water partition coefficient (Wildman–Crippen LogP) is 3.28. The first-order valence-corrected chi connectivity index (χ1v) is 5.82. The Morgan fingerprint density at radius 1 is 1.29 bits per heavy atom. The second-order valence-electron chi connectivity index (χ2n) is 6.07. The van der Waals surface area contributed by atoms with E-state index in [4.69, 9.17) is 0 Å². The third kappa shape index (κ3) is 1.75. The highest BCUT2D eigenvalue weighted by atomic mass is 16.3. The molecule has 1 N–H and O–H groups in total. The van der Waals surface area contributed by atoms with Crippen molar-refractivity contribution in [2.24, 2.45) is 11.3 Å². The number of allylic oxidation sites excluding steroid dienone is 1. The molecule has 2 aliphatic carbocycles. The van der Waals surface area contributed by atoms with Crippen molar-refractivity contribution in [3.8, 4) is 0 Å². The van der Waals surface area contributed by atoms with Crippen LogP contribution >= 0.6 is 0 Å². The van der Waals surface area contributed by atoms with Gasteiger partial charge in [-0.3, -0.25) is 0 Å². The normalized spacial score (nSPS) is 41.4. The van der Waals surface area contributed by atoms with Crippen LogP contribution in [0.25, 0.3) is 0 Å². The van der Waals surface area contributed by atoms with Crippen LogP contribution in [0.4, 0.5) is 0 Å². The van der Waals surface area contributed by atoms with Crippen molar-refractivity contribution in [1.82, 2.24) is 0 Å². The van der Waals surface area contributed by atoms with Crippen molar-refractivity contribution >= 4 is 0 Å². The van der Waals surface area contributed by atoms with E-state index in [-0.39, 0.29) is 0 Å². The van der Waals surface area contributed by atoms with Crippen molar-refractivity contribution in [2.45, 2.75) is 58.5 Å². The number of hydrogen-bond donors (Lipinski definition) is 1. The molecule has 80 valence electrons. The molecule has 0 saturated heterocycles. The summed E-state index contributed by atoms with van der Waals surface area (Å²) in [6.07, 6.45) is 7.94. The van der Waals surface area contributed by atoms with Gasteiger partial charge >= 0.3 is 0 Å². The predicted molar refractivity (Wildman–Crippen MR) is 59.1 cm³/mol. The zero-order valence-electron chi connectivity index (χ0n) is 9.64. The molecule has 1 heteroatoms. The zero-order valence-corrected chi connectivity index (χ0v) is 9.64. The van der Waals surface area contributed by atoms with Gasteiger partial charge in [-0.25, -0.2) is 0 Å². The van der Waals surface area contributed by atoms with E-state index in [2.05, 4.69) is 19.9 Å². The third-order valence-electron chi connectivity index (χ3n) is 4.14. The van der Waals surface area contributed by atoms with E-state index in [0.29, 0.717) is 5.41 Å². The molecule has 2 atom stereocenters. The Kier molecular flexibility index (Phi) is 2.26. The van der Waals surface area contributed by atoms with Gasteiger partial charge in [0.2, 0.25) is 0 Å². The lowest BCUT2D eigenvalue weighted by Gasteiger charge is -2.46. The van der Waals surface area contributed by atoms with Crippen LogP contribution < -0.4 is 0 Å². The van der Waals surface area contributed by atoms with E-state index in [0.717, 1.165) is 18.8 Å². The monoisotopic (exact) mass is 194 g/mol. The fraction of sp³-hybridized carbons (Fsp3) is 0.846. The van der Waals surface area contributed by atoms with Crippen LogP contribution in [0.5, 0.6) is 0 Å². The molecule has 0 spiro atoms. The van der Waals surface area contributed by atoms with Crippen molar-refractivity contribution in [1.29, 1.82) is 0 Å². The largest absolute Gasteiger partial charge is 0.390 e. The Balaban J connectivity index is 2.22. The molecule has 0 aromatic carbocycles. The molecule has 1 nitrogen and oxygen atoms in total. The SMILES string of the molecule is CC1(C)CCC=C2C[C@@](C)(O)CC[C@@H]21. The second kappa shape index (κ2) is 3.10. The fourth-order valence-corrected chi connectivity index (χ4v) is 3.20. The molecular weight excluding hydrogens is 172 g/mol. The fourth-order valence-electron chi connectivity index (χ4n) is 3.20. The Bertz CT molecular complexity index is 260. The van der Waals surface area contributed by atoms with Crippen molar-refractivity contribution < 1.29 is 5.11 Å². The molecule has 2 aliphatic rings. The summed E-state index contributed by atoms with van der Waals surface area (Å²) in [5, 5.41) is 10.0. The number of aliphatic hydroxyl groups is 1. The smallest absolute Gasteiger partial charge is 0.0657 e. The Morgan fingerprint density at radius 2 is 2.00 bits per heavy atom. The molecule has 0 radical (unpaired) electrons. The van der Waals surface area contributed by atoms with Crippen LogP contribution in [0, 0.1) is 11.3 Å². The highest BCUT2D eigenvalue weighted by Gasteiger charge is 2.41. The van der Waals surface area contributed by atoms with Crippen LogP contribution in [-0.2, 0) is 0 Å². The van der Waals surface area contributed by atoms with E-state index >= 15 is 0 Å². The number of rotatable bonds is 0. The molecule has 0 aromatic rings. The first-order valence-electron chi connectivity index (χ1n) is 5.82. The molecule has 0 unspecified atom stereocenters. The summed E-state index contributed by atoms with van der Waals surface area (Å²) >= 11 is 0. The van der Waals surface area contributed by atoms with E-state index in [9.17, 15) is 5.11 Å². The average molecular weight is 194 g/mol. The Labute approximate surface area is 87.2 Å². The van der Waals surface area contributed by atoms with E-state index < -0.39 is 5.60 Å². The van der Waals surface area contributed by atoms with Crippen molar-refractivity contribution in [3.05, 3.63) is 11.6 Å². The summed E-state index contributed by atoms with van der Waals surface area (Å²) in [5.41, 5.74) is 1.55. The quantitative estimate of drug-likeness (QED) is 0.587. The van der Waals surface area contributed by atoms with Gasteiger partial charge in [0.05, 0.1) is 5.60 Å². The van der Waals surface area contributed by atoms with Crippen molar-refractivity contribution in [2.75, 3.05) is 0 Å². The van der Waals surface area contributed by atoms with Gasteiger partial charge in [0.1, 0.15) is 0 Å². The standard InChI is InChI=1S/C13H22O/c1-12(2)7-4-5-10-9-13(3,14)8-6-11(10)12/h5,11,14H,4,6-9H2,1-3H3/t11-,13-/m0/s1. The van der Waals surface area contributed by atoms with Crippen LogP contribution in [0.2, 0.25) is 0 Å². The molecule has 1 fully saturated rings. The van der Waals surface area contributed by atoms with E-state index in [1.54, 1.807) is 0 Å². The average Bonchev–Trinajstić information content (AvgIpc) is 2.00. The third-order valence-corrected chi connectivity index (χ3v) is 4.14. The summed E-state index contributed by atoms with van der Waals surface area (Å²) in [4.78, 5) is 0. The minimum Gasteiger partial charge on any atom is -0.390 e. The molecule has 2 rings (SSSR count). The summed E-state index contributed by atoms with van der Waals surface area (Å²) in [7, 11) is 0. The molecule has 0 aromatic heterocycles. The summed E-state index contributed by atoms with van der Waals surface area (Å²) < 4.78 is 0. The van der Waals surface area contributed by atoms with E-state index in [1.807, 2.05) is 6.92 Å². The van der Waals surface area contributed by atoms with Gasteiger partial charge in [0.15, 0.2) is 0 Å². The van der Waals surface area contributed by atoms with Gasteiger partial charge in [-0.05, 0) is 50.4 Å². The summed E-state index contributed by atoms with van der Waals surface area (Å²) in [6, 6.07) is 0. The highest BCUT2D eigenvalue weighted by molar-refractivity contribution is 5.19. The molecule has 0 amide bonds. The molecule has 0 bridgehead atoms. The zero-order chi connectivity index (χ0) is 10.4. The molecule has 1 saturated carbocycles. The number of fused-ring (bicyclic) bond motifs is 1. The summed E-state index contributed by atoms with van der Waals surface area (Å²) in [5.74, 6) is 0.733. The van der Waals surface area contributed by atoms with Gasteiger partial charge in [-0.1, -0.05) is 25.5 Å². The maximum atomic E-state index is 10.0. The minimum atomic E-state index is -0.435. The molecule has 0 heterocycles. The first kappa shape index (κ1) is 10.2. The van der Waals surface area contributed by atoms with Gasteiger partial charge in [-0.15, -0.1) is 0 Å². The van der Waals surface area contributed by atoms with Gasteiger partial charge in [-0.2, -0.15) is 0 Å². The lowest BCUT2D eigenvalue weighted by atomic mass is 9.61. The maximum Gasteiger partial charge on any atom is 0.0657 e. The lowest BCUT2D eigenvalue weighted by Crippen LogP contribution is -2.39. The number of hydrogen-bond acceptors (Lipinski definition) is 1. The Hall–Kier alpha value is -0.300. The summed E-state index contributed by atoms with van der Waals surface area (Å²) in [6.45, 7) is 6.74. The molecular formula is C13H22O. The van der Waals surface area contributed by atoms with Gasteiger partial charge in [0, 0.05) is 0 Å². The van der Waals surface area contributed by atoms with Gasteiger partial charge < -0.3 is 5.11 Å². The highest BCUT2D eigenvalue weighted by Crippen LogP contribution is 2.49. The second-order valence-corrected chi connectivity index (χ2v) is 6.07. The van der Waals surface area contributed by atoms with Crippen LogP contribution in [0.1, 0.15) is 52.9 Å². The molecule has 0 aliphatic heterocycles. The molecule has 14 heavy (non-hydrogen) atoms. The van der Waals surface area contributed by atoms with Crippen LogP contribution in [-0.4, -0.2) is 10.7 Å². The van der Waals surface area contributed by atoms with Crippen LogP contribution in [0.3, 0.4) is 0 Å². The Morgan fingerprint density at radius 3 is 2.71 bits per heavy atom. The maximum absolute atomic E-state index is 10.0. The van der Waals surface area contributed by atoms with Gasteiger partial charge in [0.25, 0.3) is 0 Å². The van der Waals surface area contributed by atoms with E-state index in [1.165, 1.54) is 24.8 Å². The lowest BCUT2D eigenvalue weighted by molar-refractivity contribution is 0.0106. The first-order chi connectivity index (χ1) is 6.41. The van der Waals surface area contributed by atoms with Crippen LogP contribution in [0.15, 0.2) is 11.6 Å². The minimum absolute atomic E-state index is 0.435. The van der Waals surface area contributed by atoms with Crippen molar-refractivity contribution in [3.63, 3.8) is 0 Å².